The zero-order valence-electron chi connectivity index (χ0n) is 13.6. The number of benzene rings is 2. The van der Waals surface area contributed by atoms with Crippen molar-refractivity contribution in [3.8, 4) is 5.69 Å². The molecule has 3 rings (SSSR count). The van der Waals surface area contributed by atoms with Crippen LogP contribution in [0.5, 0.6) is 0 Å². The number of imidazole rings is 1. The highest BCUT2D eigenvalue weighted by Gasteiger charge is 2.10. The standard InChI is InChI=1S/C19H18N2O3/c1-13-5-3-4-6-16(13)12-24-18(22)15-7-9-17(10-8-15)21-14(2)11-20-19(21)23/h3-11H,12H2,1-2H3,(H,20,23). The van der Waals surface area contributed by atoms with E-state index in [4.69, 9.17) is 4.74 Å². The van der Waals surface area contributed by atoms with E-state index in [0.717, 1.165) is 16.8 Å². The molecule has 122 valence electrons. The highest BCUT2D eigenvalue weighted by Crippen LogP contribution is 2.13. The summed E-state index contributed by atoms with van der Waals surface area (Å²) >= 11 is 0. The number of ether oxygens (including phenoxy) is 1. The molecule has 0 saturated heterocycles. The minimum atomic E-state index is -0.386. The summed E-state index contributed by atoms with van der Waals surface area (Å²) in [5.74, 6) is -0.386. The Labute approximate surface area is 139 Å². The summed E-state index contributed by atoms with van der Waals surface area (Å²) in [4.78, 5) is 26.6. The van der Waals surface area contributed by atoms with E-state index in [0.29, 0.717) is 11.3 Å². The van der Waals surface area contributed by atoms with Gasteiger partial charge in [0.1, 0.15) is 6.61 Å². The number of H-pyrrole nitrogens is 1. The third-order valence-electron chi connectivity index (χ3n) is 3.94. The quantitative estimate of drug-likeness (QED) is 0.751. The Morgan fingerprint density at radius 3 is 2.42 bits per heavy atom. The van der Waals surface area contributed by atoms with E-state index in [1.807, 2.05) is 38.1 Å². The fraction of sp³-hybridized carbons (Fsp3) is 0.158. The molecule has 3 aromatic rings. The van der Waals surface area contributed by atoms with Crippen molar-refractivity contribution < 1.29 is 9.53 Å². The molecule has 1 N–H and O–H groups in total. The van der Waals surface area contributed by atoms with Gasteiger partial charge in [-0.15, -0.1) is 0 Å². The monoisotopic (exact) mass is 322 g/mol. The molecule has 0 aliphatic rings. The summed E-state index contributed by atoms with van der Waals surface area (Å²) in [7, 11) is 0. The van der Waals surface area contributed by atoms with Crippen LogP contribution in [-0.4, -0.2) is 15.5 Å². The summed E-state index contributed by atoms with van der Waals surface area (Å²) in [6, 6.07) is 14.6. The maximum atomic E-state index is 12.2. The molecule has 0 aliphatic heterocycles. The molecule has 0 bridgehead atoms. The molecule has 2 aromatic carbocycles. The van der Waals surface area contributed by atoms with Crippen molar-refractivity contribution in [1.82, 2.24) is 9.55 Å². The van der Waals surface area contributed by atoms with Crippen molar-refractivity contribution in [1.29, 1.82) is 0 Å². The minimum Gasteiger partial charge on any atom is -0.457 e. The summed E-state index contributed by atoms with van der Waals surface area (Å²) in [5, 5.41) is 0. The zero-order chi connectivity index (χ0) is 17.1. The van der Waals surface area contributed by atoms with Crippen LogP contribution in [0.25, 0.3) is 5.69 Å². The van der Waals surface area contributed by atoms with Crippen LogP contribution >= 0.6 is 0 Å². The lowest BCUT2D eigenvalue weighted by atomic mass is 10.1. The first-order valence-corrected chi connectivity index (χ1v) is 7.65. The Hall–Kier alpha value is -3.08. The first-order valence-electron chi connectivity index (χ1n) is 7.65. The van der Waals surface area contributed by atoms with E-state index in [1.54, 1.807) is 35.0 Å². The number of nitrogens with one attached hydrogen (secondary N) is 1. The Kier molecular flexibility index (Phi) is 4.33. The lowest BCUT2D eigenvalue weighted by molar-refractivity contribution is 0.0472. The largest absolute Gasteiger partial charge is 0.457 e. The molecular formula is C19H18N2O3. The molecule has 0 atom stereocenters. The van der Waals surface area contributed by atoms with Crippen molar-refractivity contribution in [2.45, 2.75) is 20.5 Å². The Balaban J connectivity index is 1.73. The van der Waals surface area contributed by atoms with Crippen LogP contribution in [0.4, 0.5) is 0 Å². The molecular weight excluding hydrogens is 304 g/mol. The predicted octanol–water partition coefficient (Wildman–Crippen LogP) is 3.14. The number of aromatic nitrogens is 2. The van der Waals surface area contributed by atoms with Crippen LogP contribution in [0.1, 0.15) is 27.2 Å². The average Bonchev–Trinajstić information content (AvgIpc) is 2.93. The topological polar surface area (TPSA) is 64.1 Å². The van der Waals surface area contributed by atoms with Gasteiger partial charge in [-0.2, -0.15) is 0 Å². The first kappa shape index (κ1) is 15.8. The number of nitrogens with zero attached hydrogens (tertiary/aromatic N) is 1. The van der Waals surface area contributed by atoms with Crippen LogP contribution in [-0.2, 0) is 11.3 Å². The molecule has 5 nitrogen and oxygen atoms in total. The molecule has 1 aromatic heterocycles. The smallest absolute Gasteiger partial charge is 0.338 e. The highest BCUT2D eigenvalue weighted by molar-refractivity contribution is 5.89. The second-order valence-electron chi connectivity index (χ2n) is 5.62. The molecule has 0 radical (unpaired) electrons. The number of aromatic amines is 1. The molecule has 0 saturated carbocycles. The van der Waals surface area contributed by atoms with Gasteiger partial charge in [0.15, 0.2) is 0 Å². The van der Waals surface area contributed by atoms with Crippen LogP contribution in [0.3, 0.4) is 0 Å². The molecule has 24 heavy (non-hydrogen) atoms. The molecule has 0 aliphatic carbocycles. The fourth-order valence-electron chi connectivity index (χ4n) is 2.52. The van der Waals surface area contributed by atoms with Gasteiger partial charge in [0, 0.05) is 11.9 Å². The van der Waals surface area contributed by atoms with Crippen molar-refractivity contribution in [2.24, 2.45) is 0 Å². The first-order chi connectivity index (χ1) is 11.6. The average molecular weight is 322 g/mol. The summed E-state index contributed by atoms with van der Waals surface area (Å²) in [6.07, 6.45) is 1.65. The molecule has 0 unspecified atom stereocenters. The predicted molar refractivity (Wildman–Crippen MR) is 91.4 cm³/mol. The molecule has 0 spiro atoms. The number of carbonyl (C=O) groups excluding carboxylic acids is 1. The number of rotatable bonds is 4. The normalized spacial score (nSPS) is 10.6. The third kappa shape index (κ3) is 3.15. The van der Waals surface area contributed by atoms with E-state index < -0.39 is 0 Å². The van der Waals surface area contributed by atoms with Crippen molar-refractivity contribution in [2.75, 3.05) is 0 Å². The number of hydrogen-bond acceptors (Lipinski definition) is 3. The van der Waals surface area contributed by atoms with E-state index >= 15 is 0 Å². The van der Waals surface area contributed by atoms with Gasteiger partial charge in [0.2, 0.25) is 0 Å². The van der Waals surface area contributed by atoms with Gasteiger partial charge in [-0.1, -0.05) is 24.3 Å². The van der Waals surface area contributed by atoms with Gasteiger partial charge < -0.3 is 9.72 Å². The van der Waals surface area contributed by atoms with Gasteiger partial charge in [0.25, 0.3) is 0 Å². The van der Waals surface area contributed by atoms with Gasteiger partial charge in [-0.05, 0) is 49.2 Å². The molecule has 5 heteroatoms. The highest BCUT2D eigenvalue weighted by atomic mass is 16.5. The van der Waals surface area contributed by atoms with Crippen LogP contribution in [0.15, 0.2) is 59.5 Å². The summed E-state index contributed by atoms with van der Waals surface area (Å²) in [6.45, 7) is 4.06. The third-order valence-corrected chi connectivity index (χ3v) is 3.94. The number of esters is 1. The van der Waals surface area contributed by atoms with Crippen LogP contribution < -0.4 is 5.69 Å². The molecule has 1 heterocycles. The van der Waals surface area contributed by atoms with E-state index in [9.17, 15) is 9.59 Å². The van der Waals surface area contributed by atoms with Gasteiger partial charge in [0.05, 0.1) is 11.3 Å². The van der Waals surface area contributed by atoms with Gasteiger partial charge in [-0.3, -0.25) is 4.57 Å². The number of hydrogen-bond donors (Lipinski definition) is 1. The number of carbonyl (C=O) groups is 1. The molecule has 0 fully saturated rings. The summed E-state index contributed by atoms with van der Waals surface area (Å²) < 4.78 is 6.90. The zero-order valence-corrected chi connectivity index (χ0v) is 13.6. The van der Waals surface area contributed by atoms with Gasteiger partial charge in [-0.25, -0.2) is 9.59 Å². The second-order valence-corrected chi connectivity index (χ2v) is 5.62. The van der Waals surface area contributed by atoms with Crippen LogP contribution in [0.2, 0.25) is 0 Å². The summed E-state index contributed by atoms with van der Waals surface area (Å²) in [5.41, 5.74) is 3.82. The maximum Gasteiger partial charge on any atom is 0.338 e. The Bertz CT molecular complexity index is 920. The Morgan fingerprint density at radius 1 is 1.08 bits per heavy atom. The number of aryl methyl sites for hydroxylation is 2. The van der Waals surface area contributed by atoms with Crippen molar-refractivity contribution in [3.05, 3.63) is 87.6 Å². The Morgan fingerprint density at radius 2 is 1.79 bits per heavy atom. The fourth-order valence-corrected chi connectivity index (χ4v) is 2.52. The SMILES string of the molecule is Cc1ccccc1COC(=O)c1ccc(-n2c(C)c[nH]c2=O)cc1. The van der Waals surface area contributed by atoms with Crippen LogP contribution in [0, 0.1) is 13.8 Å². The second kappa shape index (κ2) is 6.58. The minimum absolute atomic E-state index is 0.206. The van der Waals surface area contributed by atoms with Gasteiger partial charge >= 0.3 is 11.7 Å². The molecule has 0 amide bonds. The van der Waals surface area contributed by atoms with E-state index in [-0.39, 0.29) is 18.3 Å². The van der Waals surface area contributed by atoms with E-state index in [1.165, 1.54) is 0 Å². The van der Waals surface area contributed by atoms with Crippen molar-refractivity contribution >= 4 is 5.97 Å². The lowest BCUT2D eigenvalue weighted by Gasteiger charge is -2.08. The maximum absolute atomic E-state index is 12.2. The van der Waals surface area contributed by atoms with E-state index in [2.05, 4.69) is 4.98 Å². The van der Waals surface area contributed by atoms with Crippen molar-refractivity contribution in [3.63, 3.8) is 0 Å². The lowest BCUT2D eigenvalue weighted by Crippen LogP contribution is -2.16.